The third-order valence-corrected chi connectivity index (χ3v) is 4.19. The van der Waals surface area contributed by atoms with Crippen LogP contribution in [0.3, 0.4) is 0 Å². The van der Waals surface area contributed by atoms with E-state index in [1.165, 1.54) is 30.6 Å². The highest BCUT2D eigenvalue weighted by atomic mass is 32.2. The molecule has 0 saturated carbocycles. The molecular formula is C12H15FN4O2S. The van der Waals surface area contributed by atoms with E-state index < -0.39 is 21.9 Å². The molecule has 0 aliphatic rings. The van der Waals surface area contributed by atoms with E-state index in [0.29, 0.717) is 11.4 Å². The molecule has 0 amide bonds. The zero-order chi connectivity index (χ0) is 14.8. The summed E-state index contributed by atoms with van der Waals surface area (Å²) < 4.78 is 41.0. The Bertz CT molecular complexity index is 682. The monoisotopic (exact) mass is 298 g/mol. The minimum Gasteiger partial charge on any atom is -0.319 e. The average molecular weight is 298 g/mol. The van der Waals surface area contributed by atoms with Crippen LogP contribution < -0.4 is 4.72 Å². The summed E-state index contributed by atoms with van der Waals surface area (Å²) in [5, 5.41) is 7.56. The summed E-state index contributed by atoms with van der Waals surface area (Å²) in [5.41, 5.74) is 0.518. The molecule has 1 atom stereocenters. The number of aromatic nitrogens is 3. The molecule has 0 aliphatic carbocycles. The van der Waals surface area contributed by atoms with Crippen LogP contribution >= 0.6 is 0 Å². The van der Waals surface area contributed by atoms with Gasteiger partial charge >= 0.3 is 0 Å². The van der Waals surface area contributed by atoms with Crippen molar-refractivity contribution in [2.24, 2.45) is 7.05 Å². The molecule has 0 spiro atoms. The van der Waals surface area contributed by atoms with Gasteiger partial charge in [-0.1, -0.05) is 12.1 Å². The van der Waals surface area contributed by atoms with Gasteiger partial charge in [-0.05, 0) is 24.6 Å². The second-order valence-electron chi connectivity index (χ2n) is 4.53. The molecular weight excluding hydrogens is 283 g/mol. The predicted octanol–water partition coefficient (Wildman–Crippen LogP) is 1.13. The number of sulfonamides is 1. The molecule has 0 aliphatic heterocycles. The van der Waals surface area contributed by atoms with Crippen LogP contribution in [-0.4, -0.2) is 23.2 Å². The first kappa shape index (κ1) is 14.6. The van der Waals surface area contributed by atoms with Crippen LogP contribution in [0.25, 0.3) is 0 Å². The lowest BCUT2D eigenvalue weighted by Gasteiger charge is -2.13. The van der Waals surface area contributed by atoms with Crippen LogP contribution in [0.4, 0.5) is 4.39 Å². The van der Waals surface area contributed by atoms with Crippen molar-refractivity contribution < 1.29 is 12.8 Å². The van der Waals surface area contributed by atoms with E-state index in [2.05, 4.69) is 14.9 Å². The van der Waals surface area contributed by atoms with E-state index in [-0.39, 0.29) is 5.75 Å². The zero-order valence-electron chi connectivity index (χ0n) is 11.1. The second kappa shape index (κ2) is 5.68. The molecule has 1 aromatic heterocycles. The van der Waals surface area contributed by atoms with Gasteiger partial charge in [-0.3, -0.25) is 0 Å². The minimum atomic E-state index is -3.54. The van der Waals surface area contributed by atoms with E-state index in [1.807, 2.05) is 0 Å². The van der Waals surface area contributed by atoms with Gasteiger partial charge in [0.05, 0.1) is 11.8 Å². The number of nitrogens with one attached hydrogen (secondary N) is 1. The van der Waals surface area contributed by atoms with Gasteiger partial charge in [-0.2, -0.15) is 0 Å². The quantitative estimate of drug-likeness (QED) is 0.898. The molecule has 20 heavy (non-hydrogen) atoms. The highest BCUT2D eigenvalue weighted by molar-refractivity contribution is 7.88. The molecule has 6 nitrogen and oxygen atoms in total. The Kier molecular flexibility index (Phi) is 4.15. The Hall–Kier alpha value is -1.80. The second-order valence-corrected chi connectivity index (χ2v) is 6.28. The molecule has 0 bridgehead atoms. The van der Waals surface area contributed by atoms with Crippen LogP contribution in [0.2, 0.25) is 0 Å². The predicted molar refractivity (Wildman–Crippen MR) is 71.6 cm³/mol. The van der Waals surface area contributed by atoms with Crippen molar-refractivity contribution in [3.05, 3.63) is 47.8 Å². The first-order valence-electron chi connectivity index (χ1n) is 5.96. The molecule has 8 heteroatoms. The normalized spacial score (nSPS) is 13.3. The summed E-state index contributed by atoms with van der Waals surface area (Å²) in [7, 11) is -1.81. The van der Waals surface area contributed by atoms with E-state index >= 15 is 0 Å². The molecule has 2 rings (SSSR count). The average Bonchev–Trinajstić information content (AvgIpc) is 2.77. The molecule has 0 fully saturated rings. The Balaban J connectivity index is 2.08. The van der Waals surface area contributed by atoms with Gasteiger partial charge in [-0.25, -0.2) is 17.5 Å². The summed E-state index contributed by atoms with van der Waals surface area (Å²) in [6.07, 6.45) is 1.50. The number of hydrogen-bond acceptors (Lipinski definition) is 4. The first-order valence-corrected chi connectivity index (χ1v) is 7.61. The van der Waals surface area contributed by atoms with Crippen LogP contribution in [0.1, 0.15) is 24.4 Å². The number of rotatable bonds is 5. The Morgan fingerprint density at radius 3 is 2.55 bits per heavy atom. The molecule has 0 saturated heterocycles. The van der Waals surface area contributed by atoms with Gasteiger partial charge in [0, 0.05) is 7.05 Å². The Morgan fingerprint density at radius 1 is 1.35 bits per heavy atom. The fourth-order valence-electron chi connectivity index (χ4n) is 1.85. The number of aryl methyl sites for hydroxylation is 1. The van der Waals surface area contributed by atoms with Gasteiger partial charge < -0.3 is 4.57 Å². The number of hydrogen-bond donors (Lipinski definition) is 1. The largest absolute Gasteiger partial charge is 0.319 e. The highest BCUT2D eigenvalue weighted by Gasteiger charge is 2.19. The zero-order valence-corrected chi connectivity index (χ0v) is 11.9. The standard InChI is InChI=1S/C12H15FN4O2S/c1-9(12-15-14-8-17(12)2)16-20(18,19)7-10-3-5-11(13)6-4-10/h3-6,8-9,16H,7H2,1-2H3/t9-/m0/s1. The topological polar surface area (TPSA) is 76.9 Å². The smallest absolute Gasteiger partial charge is 0.216 e. The number of benzene rings is 1. The lowest BCUT2D eigenvalue weighted by molar-refractivity contribution is 0.552. The van der Waals surface area contributed by atoms with Crippen molar-refractivity contribution in [2.75, 3.05) is 0 Å². The summed E-state index contributed by atoms with van der Waals surface area (Å²) >= 11 is 0. The number of nitrogens with zero attached hydrogens (tertiary/aromatic N) is 3. The van der Waals surface area contributed by atoms with Gasteiger partial charge in [0.15, 0.2) is 0 Å². The van der Waals surface area contributed by atoms with Gasteiger partial charge in [0.25, 0.3) is 0 Å². The summed E-state index contributed by atoms with van der Waals surface area (Å²) in [6.45, 7) is 1.69. The molecule has 0 radical (unpaired) electrons. The maximum atomic E-state index is 12.8. The van der Waals surface area contributed by atoms with Crippen LogP contribution in [0.5, 0.6) is 0 Å². The van der Waals surface area contributed by atoms with Gasteiger partial charge in [0.1, 0.15) is 18.0 Å². The van der Waals surface area contributed by atoms with Crippen molar-refractivity contribution in [1.29, 1.82) is 0 Å². The van der Waals surface area contributed by atoms with E-state index in [9.17, 15) is 12.8 Å². The molecule has 1 aromatic carbocycles. The Morgan fingerprint density at radius 2 is 2.00 bits per heavy atom. The maximum absolute atomic E-state index is 12.8. The molecule has 0 unspecified atom stereocenters. The SMILES string of the molecule is C[C@H](NS(=O)(=O)Cc1ccc(F)cc1)c1nncn1C. The summed E-state index contributed by atoms with van der Waals surface area (Å²) in [6, 6.07) is 4.87. The fraction of sp³-hybridized carbons (Fsp3) is 0.333. The van der Waals surface area contributed by atoms with E-state index in [4.69, 9.17) is 0 Å². The van der Waals surface area contributed by atoms with Crippen molar-refractivity contribution >= 4 is 10.0 Å². The van der Waals surface area contributed by atoms with Crippen molar-refractivity contribution in [3.8, 4) is 0 Å². The summed E-state index contributed by atoms with van der Waals surface area (Å²) in [5.74, 6) is -0.0885. The van der Waals surface area contributed by atoms with E-state index in [1.54, 1.807) is 18.5 Å². The van der Waals surface area contributed by atoms with Crippen LogP contribution in [0.15, 0.2) is 30.6 Å². The van der Waals surface area contributed by atoms with E-state index in [0.717, 1.165) is 0 Å². The minimum absolute atomic E-state index is 0.213. The molecule has 108 valence electrons. The molecule has 1 heterocycles. The summed E-state index contributed by atoms with van der Waals surface area (Å²) in [4.78, 5) is 0. The Labute approximate surface area is 116 Å². The van der Waals surface area contributed by atoms with Gasteiger partial charge in [-0.15, -0.1) is 10.2 Å². The van der Waals surface area contributed by atoms with Crippen molar-refractivity contribution in [2.45, 2.75) is 18.7 Å². The van der Waals surface area contributed by atoms with Gasteiger partial charge in [0.2, 0.25) is 10.0 Å². The highest BCUT2D eigenvalue weighted by Crippen LogP contribution is 2.12. The third-order valence-electron chi connectivity index (χ3n) is 2.76. The van der Waals surface area contributed by atoms with Crippen molar-refractivity contribution in [1.82, 2.24) is 19.5 Å². The lowest BCUT2D eigenvalue weighted by atomic mass is 10.2. The van der Waals surface area contributed by atoms with Crippen LogP contribution in [-0.2, 0) is 22.8 Å². The third kappa shape index (κ3) is 3.61. The van der Waals surface area contributed by atoms with Crippen molar-refractivity contribution in [3.63, 3.8) is 0 Å². The van der Waals surface area contributed by atoms with Crippen LogP contribution in [0, 0.1) is 5.82 Å². The fourth-order valence-corrected chi connectivity index (χ4v) is 3.21. The molecule has 2 aromatic rings. The maximum Gasteiger partial charge on any atom is 0.216 e. The first-order chi connectivity index (χ1) is 9.37. The molecule has 1 N–H and O–H groups in total. The number of halogens is 1. The lowest BCUT2D eigenvalue weighted by Crippen LogP contribution is -2.29.